The lowest BCUT2D eigenvalue weighted by atomic mass is 9.93. The molecule has 2 nitrogen and oxygen atoms in total. The van der Waals surface area contributed by atoms with E-state index in [4.69, 9.17) is 0 Å². The lowest BCUT2D eigenvalue weighted by Crippen LogP contribution is -2.44. The third-order valence-corrected chi connectivity index (χ3v) is 3.31. The van der Waals surface area contributed by atoms with Crippen molar-refractivity contribution in [3.8, 4) is 0 Å². The molecule has 2 N–H and O–H groups in total. The van der Waals surface area contributed by atoms with Gasteiger partial charge in [0.2, 0.25) is 0 Å². The summed E-state index contributed by atoms with van der Waals surface area (Å²) in [6.07, 6.45) is 1.81. The Balaban J connectivity index is 2.10. The third-order valence-electron chi connectivity index (χ3n) is 3.31. The normalized spacial score (nSPS) is 24.5. The molecule has 1 aliphatic heterocycles. The van der Waals surface area contributed by atoms with E-state index in [0.29, 0.717) is 17.6 Å². The van der Waals surface area contributed by atoms with Gasteiger partial charge in [-0.1, -0.05) is 13.8 Å². The van der Waals surface area contributed by atoms with Crippen molar-refractivity contribution in [1.29, 1.82) is 0 Å². The first-order valence-electron chi connectivity index (χ1n) is 6.50. The van der Waals surface area contributed by atoms with E-state index >= 15 is 0 Å². The molecule has 2 rings (SSSR count). The second-order valence-corrected chi connectivity index (χ2v) is 5.22. The maximum absolute atomic E-state index is 13.7. The first kappa shape index (κ1) is 13.4. The molecule has 2 atom stereocenters. The molecule has 1 saturated heterocycles. The molecular formula is C14H20F2N2. The number of halogens is 2. The monoisotopic (exact) mass is 254 g/mol. The van der Waals surface area contributed by atoms with Crippen molar-refractivity contribution in [2.75, 3.05) is 6.54 Å². The lowest BCUT2D eigenvalue weighted by Gasteiger charge is -2.32. The molecule has 18 heavy (non-hydrogen) atoms. The van der Waals surface area contributed by atoms with Crippen LogP contribution in [-0.4, -0.2) is 18.6 Å². The van der Waals surface area contributed by atoms with Gasteiger partial charge in [0.15, 0.2) is 0 Å². The molecule has 0 amide bonds. The molecule has 0 unspecified atom stereocenters. The Morgan fingerprint density at radius 1 is 1.33 bits per heavy atom. The highest BCUT2D eigenvalue weighted by Crippen LogP contribution is 2.26. The fraction of sp³-hybridized carbons (Fsp3) is 0.571. The summed E-state index contributed by atoms with van der Waals surface area (Å²) in [5, 5.41) is 6.72. The molecule has 0 saturated carbocycles. The minimum absolute atomic E-state index is 0.106. The quantitative estimate of drug-likeness (QED) is 0.866. The van der Waals surface area contributed by atoms with Gasteiger partial charge in [-0.2, -0.15) is 0 Å². The van der Waals surface area contributed by atoms with Crippen LogP contribution < -0.4 is 10.6 Å². The largest absolute Gasteiger partial charge is 0.312 e. The topological polar surface area (TPSA) is 24.1 Å². The highest BCUT2D eigenvalue weighted by molar-refractivity contribution is 5.23. The van der Waals surface area contributed by atoms with Crippen LogP contribution in [0.15, 0.2) is 18.2 Å². The molecule has 1 aromatic rings. The molecule has 1 aliphatic rings. The maximum Gasteiger partial charge on any atom is 0.128 e. The number of hydrogen-bond donors (Lipinski definition) is 2. The summed E-state index contributed by atoms with van der Waals surface area (Å²) < 4.78 is 26.9. The second-order valence-electron chi connectivity index (χ2n) is 5.22. The van der Waals surface area contributed by atoms with Gasteiger partial charge < -0.3 is 10.6 Å². The van der Waals surface area contributed by atoms with Crippen molar-refractivity contribution in [3.63, 3.8) is 0 Å². The summed E-state index contributed by atoms with van der Waals surface area (Å²) in [7, 11) is 0. The number of nitrogens with one attached hydrogen (secondary N) is 2. The van der Waals surface area contributed by atoms with E-state index in [9.17, 15) is 8.78 Å². The highest BCUT2D eigenvalue weighted by atomic mass is 19.1. The van der Waals surface area contributed by atoms with Crippen LogP contribution in [0.4, 0.5) is 8.78 Å². The van der Waals surface area contributed by atoms with Crippen molar-refractivity contribution in [1.82, 2.24) is 10.6 Å². The van der Waals surface area contributed by atoms with Crippen LogP contribution in [0.2, 0.25) is 0 Å². The molecule has 4 heteroatoms. The average molecular weight is 254 g/mol. The molecule has 0 spiro atoms. The summed E-state index contributed by atoms with van der Waals surface area (Å²) in [6, 6.07) is 4.32. The average Bonchev–Trinajstić information content (AvgIpc) is 2.32. The molecule has 0 radical (unpaired) electrons. The van der Waals surface area contributed by atoms with E-state index in [2.05, 4.69) is 24.5 Å². The van der Waals surface area contributed by atoms with Gasteiger partial charge >= 0.3 is 0 Å². The van der Waals surface area contributed by atoms with Gasteiger partial charge in [-0.05, 0) is 37.6 Å². The molecule has 0 bridgehead atoms. The van der Waals surface area contributed by atoms with E-state index in [1.165, 1.54) is 12.1 Å². The van der Waals surface area contributed by atoms with Gasteiger partial charge in [-0.3, -0.25) is 0 Å². The van der Waals surface area contributed by atoms with E-state index in [1.54, 1.807) is 0 Å². The Kier molecular flexibility index (Phi) is 4.30. The zero-order valence-electron chi connectivity index (χ0n) is 10.8. The summed E-state index contributed by atoms with van der Waals surface area (Å²) in [5.74, 6) is -0.716. The number of piperidine rings is 1. The van der Waals surface area contributed by atoms with Crippen LogP contribution >= 0.6 is 0 Å². The number of rotatable bonds is 3. The minimum atomic E-state index is -0.382. The minimum Gasteiger partial charge on any atom is -0.312 e. The van der Waals surface area contributed by atoms with Crippen molar-refractivity contribution in [2.24, 2.45) is 0 Å². The summed E-state index contributed by atoms with van der Waals surface area (Å²) in [5.41, 5.74) is 0.435. The molecular weight excluding hydrogens is 234 g/mol. The maximum atomic E-state index is 13.7. The van der Waals surface area contributed by atoms with Crippen molar-refractivity contribution in [2.45, 2.75) is 44.8 Å². The highest BCUT2D eigenvalue weighted by Gasteiger charge is 2.25. The van der Waals surface area contributed by atoms with Gasteiger partial charge in [-0.25, -0.2) is 8.78 Å². The molecule has 0 aromatic heterocycles. The molecule has 1 aromatic carbocycles. The van der Waals surface area contributed by atoms with Crippen molar-refractivity contribution >= 4 is 0 Å². The van der Waals surface area contributed by atoms with Crippen LogP contribution in [-0.2, 0) is 0 Å². The van der Waals surface area contributed by atoms with Crippen LogP contribution in [0, 0.1) is 11.6 Å². The Labute approximate surface area is 107 Å². The Morgan fingerprint density at radius 2 is 2.11 bits per heavy atom. The standard InChI is InChI=1S/C14H20F2N2/c1-9(2)18-11-5-6-17-14(8-11)12-7-10(15)3-4-13(12)16/h3-4,7,9,11,14,17-18H,5-6,8H2,1-2H3/t11-,14+/m1/s1. The van der Waals surface area contributed by atoms with E-state index < -0.39 is 0 Å². The summed E-state index contributed by atoms with van der Waals surface area (Å²) in [6.45, 7) is 5.02. The molecule has 100 valence electrons. The van der Waals surface area contributed by atoms with Gasteiger partial charge in [0.25, 0.3) is 0 Å². The van der Waals surface area contributed by atoms with Crippen molar-refractivity contribution < 1.29 is 8.78 Å². The zero-order chi connectivity index (χ0) is 13.1. The SMILES string of the molecule is CC(C)N[C@@H]1CCN[C@H](c2cc(F)ccc2F)C1. The van der Waals surface area contributed by atoms with Crippen LogP contribution in [0.25, 0.3) is 0 Å². The summed E-state index contributed by atoms with van der Waals surface area (Å²) >= 11 is 0. The predicted molar refractivity (Wildman–Crippen MR) is 68.4 cm³/mol. The van der Waals surface area contributed by atoms with Crippen LogP contribution in [0.5, 0.6) is 0 Å². The van der Waals surface area contributed by atoms with E-state index in [-0.39, 0.29) is 17.7 Å². The lowest BCUT2D eigenvalue weighted by molar-refractivity contribution is 0.303. The fourth-order valence-electron chi connectivity index (χ4n) is 2.56. The number of hydrogen-bond acceptors (Lipinski definition) is 2. The third kappa shape index (κ3) is 3.27. The van der Waals surface area contributed by atoms with Gasteiger partial charge in [0, 0.05) is 23.7 Å². The molecule has 1 fully saturated rings. The molecule has 0 aliphatic carbocycles. The number of benzene rings is 1. The van der Waals surface area contributed by atoms with Gasteiger partial charge in [0.1, 0.15) is 11.6 Å². The fourth-order valence-corrected chi connectivity index (χ4v) is 2.56. The zero-order valence-corrected chi connectivity index (χ0v) is 10.8. The van der Waals surface area contributed by atoms with Crippen LogP contribution in [0.1, 0.15) is 38.3 Å². The van der Waals surface area contributed by atoms with Crippen LogP contribution in [0.3, 0.4) is 0 Å². The smallest absolute Gasteiger partial charge is 0.128 e. The van der Waals surface area contributed by atoms with E-state index in [0.717, 1.165) is 25.5 Å². The second kappa shape index (κ2) is 5.76. The van der Waals surface area contributed by atoms with Gasteiger partial charge in [-0.15, -0.1) is 0 Å². The van der Waals surface area contributed by atoms with Gasteiger partial charge in [0.05, 0.1) is 0 Å². The molecule has 1 heterocycles. The first-order valence-corrected chi connectivity index (χ1v) is 6.50. The van der Waals surface area contributed by atoms with E-state index in [1.807, 2.05) is 0 Å². The van der Waals surface area contributed by atoms with Crippen molar-refractivity contribution in [3.05, 3.63) is 35.4 Å². The Morgan fingerprint density at radius 3 is 2.83 bits per heavy atom. The predicted octanol–water partition coefficient (Wildman–Crippen LogP) is 2.76. The Bertz CT molecular complexity index is 407. The Hall–Kier alpha value is -1.00. The summed E-state index contributed by atoms with van der Waals surface area (Å²) in [4.78, 5) is 0. The first-order chi connectivity index (χ1) is 8.56.